The predicted molar refractivity (Wildman–Crippen MR) is 67.3 cm³/mol. The van der Waals surface area contributed by atoms with Crippen molar-refractivity contribution in [2.75, 3.05) is 13.6 Å². The summed E-state index contributed by atoms with van der Waals surface area (Å²) in [6, 6.07) is 0.397. The zero-order chi connectivity index (χ0) is 12.1. The first kappa shape index (κ1) is 13.5. The van der Waals surface area contributed by atoms with E-state index in [2.05, 4.69) is 26.1 Å². The molecule has 1 N–H and O–H groups in total. The van der Waals surface area contributed by atoms with Crippen LogP contribution in [-0.2, 0) is 4.79 Å². The van der Waals surface area contributed by atoms with Gasteiger partial charge in [-0.25, -0.2) is 0 Å². The predicted octanol–water partition coefficient (Wildman–Crippen LogP) is 2.02. The van der Waals surface area contributed by atoms with E-state index in [9.17, 15) is 4.79 Å². The molecule has 1 heterocycles. The Morgan fingerprint density at radius 3 is 2.75 bits per heavy atom. The largest absolute Gasteiger partial charge is 0.342 e. The lowest BCUT2D eigenvalue weighted by Gasteiger charge is -2.33. The van der Waals surface area contributed by atoms with Gasteiger partial charge in [0.1, 0.15) is 0 Å². The number of carbonyl (C=O) groups is 1. The van der Waals surface area contributed by atoms with Crippen LogP contribution in [-0.4, -0.2) is 36.5 Å². The van der Waals surface area contributed by atoms with Gasteiger partial charge in [0, 0.05) is 13.1 Å². The monoisotopic (exact) mass is 226 g/mol. The number of piperidine rings is 1. The fourth-order valence-corrected chi connectivity index (χ4v) is 2.29. The minimum atomic E-state index is 0.0534. The van der Waals surface area contributed by atoms with Crippen molar-refractivity contribution in [2.24, 2.45) is 5.92 Å². The minimum absolute atomic E-state index is 0.0534. The summed E-state index contributed by atoms with van der Waals surface area (Å²) in [5.74, 6) is 0.994. The second-order valence-electron chi connectivity index (χ2n) is 5.01. The highest BCUT2D eigenvalue weighted by molar-refractivity contribution is 5.82. The van der Waals surface area contributed by atoms with E-state index in [1.165, 1.54) is 12.8 Å². The van der Waals surface area contributed by atoms with Crippen LogP contribution >= 0.6 is 0 Å². The first-order chi connectivity index (χ1) is 7.60. The second kappa shape index (κ2) is 6.24. The summed E-state index contributed by atoms with van der Waals surface area (Å²) < 4.78 is 0. The van der Waals surface area contributed by atoms with Crippen molar-refractivity contribution in [3.05, 3.63) is 0 Å². The Labute approximate surface area is 99.6 Å². The molecule has 1 fully saturated rings. The third-order valence-electron chi connectivity index (χ3n) is 3.99. The van der Waals surface area contributed by atoms with E-state index in [1.54, 1.807) is 0 Å². The third-order valence-corrected chi connectivity index (χ3v) is 3.99. The molecule has 0 aromatic carbocycles. The molecule has 0 bridgehead atoms. The molecule has 3 atom stereocenters. The Morgan fingerprint density at radius 1 is 1.50 bits per heavy atom. The van der Waals surface area contributed by atoms with Gasteiger partial charge >= 0.3 is 0 Å². The first-order valence-corrected chi connectivity index (χ1v) is 6.60. The van der Waals surface area contributed by atoms with Crippen LogP contribution in [0.1, 0.15) is 46.5 Å². The van der Waals surface area contributed by atoms with Crippen LogP contribution in [0.2, 0.25) is 0 Å². The van der Waals surface area contributed by atoms with Crippen molar-refractivity contribution in [3.63, 3.8) is 0 Å². The molecule has 0 radical (unpaired) electrons. The molecule has 0 aromatic rings. The molecule has 16 heavy (non-hydrogen) atoms. The highest BCUT2D eigenvalue weighted by Crippen LogP contribution is 2.20. The van der Waals surface area contributed by atoms with Gasteiger partial charge in [0.25, 0.3) is 0 Å². The molecular weight excluding hydrogens is 200 g/mol. The fourth-order valence-electron chi connectivity index (χ4n) is 2.29. The van der Waals surface area contributed by atoms with Gasteiger partial charge in [-0.1, -0.05) is 20.3 Å². The lowest BCUT2D eigenvalue weighted by Crippen LogP contribution is -2.51. The average molecular weight is 226 g/mol. The van der Waals surface area contributed by atoms with E-state index in [4.69, 9.17) is 0 Å². The minimum Gasteiger partial charge on any atom is -0.342 e. The molecular formula is C13H26N2O. The number of carbonyl (C=O) groups excluding carboxylic acids is 1. The number of hydrogen-bond donors (Lipinski definition) is 1. The number of nitrogens with one attached hydrogen (secondary N) is 1. The molecule has 94 valence electrons. The SMILES string of the molecule is CCC1CCNC(C(=O)N(C)C(C)CC)C1. The molecule has 0 spiro atoms. The molecule has 3 nitrogen and oxygen atoms in total. The Bertz CT molecular complexity index is 230. The Balaban J connectivity index is 2.52. The van der Waals surface area contributed by atoms with E-state index < -0.39 is 0 Å². The topological polar surface area (TPSA) is 32.3 Å². The molecule has 1 saturated heterocycles. The maximum atomic E-state index is 12.2. The van der Waals surface area contributed by atoms with Crippen molar-refractivity contribution in [1.82, 2.24) is 10.2 Å². The van der Waals surface area contributed by atoms with Crippen LogP contribution in [0.4, 0.5) is 0 Å². The molecule has 1 aliphatic heterocycles. The summed E-state index contributed by atoms with van der Waals surface area (Å²) in [6.45, 7) is 7.44. The number of amides is 1. The highest BCUT2D eigenvalue weighted by Gasteiger charge is 2.29. The second-order valence-corrected chi connectivity index (χ2v) is 5.01. The number of rotatable bonds is 4. The molecule has 0 aromatic heterocycles. The van der Waals surface area contributed by atoms with E-state index in [1.807, 2.05) is 11.9 Å². The average Bonchev–Trinajstić information content (AvgIpc) is 2.36. The molecule has 1 rings (SSSR count). The van der Waals surface area contributed by atoms with E-state index >= 15 is 0 Å². The zero-order valence-electron chi connectivity index (χ0n) is 11.1. The van der Waals surface area contributed by atoms with Crippen LogP contribution in [0.5, 0.6) is 0 Å². The summed E-state index contributed by atoms with van der Waals surface area (Å²) >= 11 is 0. The van der Waals surface area contributed by atoms with E-state index in [0.29, 0.717) is 6.04 Å². The molecule has 0 aliphatic carbocycles. The van der Waals surface area contributed by atoms with Crippen molar-refractivity contribution in [1.29, 1.82) is 0 Å². The fraction of sp³-hybridized carbons (Fsp3) is 0.923. The summed E-state index contributed by atoms with van der Waals surface area (Å²) in [6.07, 6.45) is 4.44. The van der Waals surface area contributed by atoms with Crippen molar-refractivity contribution in [3.8, 4) is 0 Å². The quantitative estimate of drug-likeness (QED) is 0.795. The lowest BCUT2D eigenvalue weighted by molar-refractivity contribution is -0.135. The van der Waals surface area contributed by atoms with Gasteiger partial charge in [-0.05, 0) is 38.6 Å². The van der Waals surface area contributed by atoms with Gasteiger partial charge in [0.15, 0.2) is 0 Å². The van der Waals surface area contributed by atoms with Crippen LogP contribution in [0.25, 0.3) is 0 Å². The van der Waals surface area contributed by atoms with Crippen LogP contribution in [0.3, 0.4) is 0 Å². The summed E-state index contributed by atoms with van der Waals surface area (Å²) in [5, 5.41) is 3.35. The summed E-state index contributed by atoms with van der Waals surface area (Å²) in [7, 11) is 1.92. The summed E-state index contributed by atoms with van der Waals surface area (Å²) in [5.41, 5.74) is 0. The van der Waals surface area contributed by atoms with Crippen molar-refractivity contribution < 1.29 is 4.79 Å². The van der Waals surface area contributed by atoms with Crippen LogP contribution < -0.4 is 5.32 Å². The van der Waals surface area contributed by atoms with Crippen molar-refractivity contribution >= 4 is 5.91 Å². The summed E-state index contributed by atoms with van der Waals surface area (Å²) in [4.78, 5) is 14.1. The van der Waals surface area contributed by atoms with Gasteiger partial charge in [-0.2, -0.15) is 0 Å². The maximum Gasteiger partial charge on any atom is 0.239 e. The normalized spacial score (nSPS) is 27.5. The van der Waals surface area contributed by atoms with Gasteiger partial charge < -0.3 is 10.2 Å². The number of likely N-dealkylation sites (N-methyl/N-ethyl adjacent to an activating group) is 1. The maximum absolute atomic E-state index is 12.2. The molecule has 0 saturated carbocycles. The lowest BCUT2D eigenvalue weighted by atomic mass is 9.90. The van der Waals surface area contributed by atoms with Gasteiger partial charge in [0.05, 0.1) is 6.04 Å². The first-order valence-electron chi connectivity index (χ1n) is 6.60. The standard InChI is InChI=1S/C13H26N2O/c1-5-10(3)15(4)13(16)12-9-11(6-2)7-8-14-12/h10-12,14H,5-9H2,1-4H3. The van der Waals surface area contributed by atoms with Gasteiger partial charge in [0.2, 0.25) is 5.91 Å². The Kier molecular flexibility index (Phi) is 5.26. The van der Waals surface area contributed by atoms with E-state index in [-0.39, 0.29) is 11.9 Å². The van der Waals surface area contributed by atoms with Crippen molar-refractivity contribution in [2.45, 2.75) is 58.5 Å². The third kappa shape index (κ3) is 3.21. The Hall–Kier alpha value is -0.570. The number of hydrogen-bond acceptors (Lipinski definition) is 2. The molecule has 1 aliphatic rings. The molecule has 3 heteroatoms. The van der Waals surface area contributed by atoms with E-state index in [0.717, 1.165) is 25.3 Å². The highest BCUT2D eigenvalue weighted by atomic mass is 16.2. The Morgan fingerprint density at radius 2 is 2.19 bits per heavy atom. The van der Waals surface area contributed by atoms with Crippen LogP contribution in [0, 0.1) is 5.92 Å². The van der Waals surface area contributed by atoms with Gasteiger partial charge in [-0.3, -0.25) is 4.79 Å². The van der Waals surface area contributed by atoms with Gasteiger partial charge in [-0.15, -0.1) is 0 Å². The smallest absolute Gasteiger partial charge is 0.239 e. The van der Waals surface area contributed by atoms with Crippen LogP contribution in [0.15, 0.2) is 0 Å². The molecule has 1 amide bonds. The molecule has 3 unspecified atom stereocenters. The zero-order valence-corrected chi connectivity index (χ0v) is 11.1. The number of nitrogens with zero attached hydrogens (tertiary/aromatic N) is 1.